The van der Waals surface area contributed by atoms with Crippen molar-refractivity contribution in [2.75, 3.05) is 0 Å². The standard InChI is InChI=1S/C14H20ClNO2/c1-5-10(3)16-14(17)11(4)18-13-7-6-12(15)8-9(13)2/h6-8,10-11H,5H2,1-4H3,(H,16,17)/t10-,11-/m0/s1. The number of benzene rings is 1. The fraction of sp³-hybridized carbons (Fsp3) is 0.500. The number of amides is 1. The molecule has 0 spiro atoms. The van der Waals surface area contributed by atoms with Crippen LogP contribution < -0.4 is 10.1 Å². The van der Waals surface area contributed by atoms with E-state index in [9.17, 15) is 4.79 Å². The number of hydrogen-bond donors (Lipinski definition) is 1. The average molecular weight is 270 g/mol. The van der Waals surface area contributed by atoms with Gasteiger partial charge in [-0.25, -0.2) is 0 Å². The number of aryl methyl sites for hydroxylation is 1. The van der Waals surface area contributed by atoms with E-state index in [2.05, 4.69) is 5.32 Å². The molecule has 0 bridgehead atoms. The molecule has 2 atom stereocenters. The summed E-state index contributed by atoms with van der Waals surface area (Å²) >= 11 is 5.87. The molecule has 18 heavy (non-hydrogen) atoms. The number of carbonyl (C=O) groups is 1. The molecule has 1 aromatic rings. The van der Waals surface area contributed by atoms with Crippen LogP contribution in [0.1, 0.15) is 32.8 Å². The van der Waals surface area contributed by atoms with Gasteiger partial charge in [0.1, 0.15) is 5.75 Å². The minimum Gasteiger partial charge on any atom is -0.481 e. The molecule has 4 heteroatoms. The van der Waals surface area contributed by atoms with Crippen molar-refractivity contribution in [3.63, 3.8) is 0 Å². The molecule has 0 unspecified atom stereocenters. The number of hydrogen-bond acceptors (Lipinski definition) is 2. The zero-order chi connectivity index (χ0) is 13.7. The third kappa shape index (κ3) is 4.22. The Balaban J connectivity index is 2.63. The fourth-order valence-corrected chi connectivity index (χ4v) is 1.68. The van der Waals surface area contributed by atoms with Gasteiger partial charge in [0.2, 0.25) is 0 Å². The van der Waals surface area contributed by atoms with Gasteiger partial charge in [0.15, 0.2) is 6.10 Å². The highest BCUT2D eigenvalue weighted by Crippen LogP contribution is 2.22. The summed E-state index contributed by atoms with van der Waals surface area (Å²) in [6.07, 6.45) is 0.386. The van der Waals surface area contributed by atoms with Crippen LogP contribution in [0.5, 0.6) is 5.75 Å². The van der Waals surface area contributed by atoms with E-state index >= 15 is 0 Å². The van der Waals surface area contributed by atoms with Gasteiger partial charge in [-0.05, 0) is 51.0 Å². The molecule has 0 aliphatic carbocycles. The van der Waals surface area contributed by atoms with E-state index in [4.69, 9.17) is 16.3 Å². The molecule has 0 aliphatic heterocycles. The molecule has 1 N–H and O–H groups in total. The number of rotatable bonds is 5. The van der Waals surface area contributed by atoms with Crippen LogP contribution in [0.4, 0.5) is 0 Å². The Labute approximate surface area is 113 Å². The molecular weight excluding hydrogens is 250 g/mol. The first kappa shape index (κ1) is 14.8. The van der Waals surface area contributed by atoms with E-state index in [1.807, 2.05) is 26.8 Å². The van der Waals surface area contributed by atoms with E-state index in [-0.39, 0.29) is 11.9 Å². The van der Waals surface area contributed by atoms with Gasteiger partial charge in [0.05, 0.1) is 0 Å². The Hall–Kier alpha value is -1.22. The lowest BCUT2D eigenvalue weighted by Crippen LogP contribution is -2.41. The summed E-state index contributed by atoms with van der Waals surface area (Å²) in [4.78, 5) is 11.8. The van der Waals surface area contributed by atoms with Crippen LogP contribution in [-0.2, 0) is 4.79 Å². The molecule has 0 radical (unpaired) electrons. The van der Waals surface area contributed by atoms with E-state index in [0.29, 0.717) is 10.8 Å². The molecule has 1 amide bonds. The Morgan fingerprint density at radius 3 is 2.67 bits per heavy atom. The normalized spacial score (nSPS) is 13.8. The maximum Gasteiger partial charge on any atom is 0.260 e. The second-order valence-corrected chi connectivity index (χ2v) is 4.92. The summed E-state index contributed by atoms with van der Waals surface area (Å²) in [6, 6.07) is 5.51. The molecule has 0 saturated heterocycles. The highest BCUT2D eigenvalue weighted by Gasteiger charge is 2.16. The van der Waals surface area contributed by atoms with E-state index < -0.39 is 6.10 Å². The van der Waals surface area contributed by atoms with Gasteiger partial charge < -0.3 is 10.1 Å². The zero-order valence-electron chi connectivity index (χ0n) is 11.3. The van der Waals surface area contributed by atoms with E-state index in [1.165, 1.54) is 0 Å². The molecule has 1 rings (SSSR count). The molecule has 0 fully saturated rings. The maximum atomic E-state index is 11.8. The maximum absolute atomic E-state index is 11.8. The van der Waals surface area contributed by atoms with Gasteiger partial charge in [0, 0.05) is 11.1 Å². The van der Waals surface area contributed by atoms with Crippen LogP contribution in [0.2, 0.25) is 5.02 Å². The summed E-state index contributed by atoms with van der Waals surface area (Å²) in [5.74, 6) is 0.588. The third-order valence-corrected chi connectivity index (χ3v) is 3.05. The second kappa shape index (κ2) is 6.64. The zero-order valence-corrected chi connectivity index (χ0v) is 12.0. The van der Waals surface area contributed by atoms with Crippen LogP contribution in [0.15, 0.2) is 18.2 Å². The summed E-state index contributed by atoms with van der Waals surface area (Å²) in [6.45, 7) is 7.64. The molecule has 0 heterocycles. The molecule has 0 aliphatic rings. The highest BCUT2D eigenvalue weighted by molar-refractivity contribution is 6.30. The van der Waals surface area contributed by atoms with Gasteiger partial charge in [-0.3, -0.25) is 4.79 Å². The van der Waals surface area contributed by atoms with Crippen molar-refractivity contribution in [2.45, 2.75) is 46.3 Å². The fourth-order valence-electron chi connectivity index (χ4n) is 1.45. The number of nitrogens with one attached hydrogen (secondary N) is 1. The van der Waals surface area contributed by atoms with E-state index in [1.54, 1.807) is 19.1 Å². The van der Waals surface area contributed by atoms with Gasteiger partial charge >= 0.3 is 0 Å². The smallest absolute Gasteiger partial charge is 0.260 e. The van der Waals surface area contributed by atoms with Gasteiger partial charge in [-0.2, -0.15) is 0 Å². The lowest BCUT2D eigenvalue weighted by molar-refractivity contribution is -0.127. The first-order valence-corrected chi connectivity index (χ1v) is 6.55. The first-order valence-electron chi connectivity index (χ1n) is 6.17. The Morgan fingerprint density at radius 2 is 2.11 bits per heavy atom. The van der Waals surface area contributed by atoms with Crippen LogP contribution in [-0.4, -0.2) is 18.1 Å². The first-order chi connectivity index (χ1) is 8.43. The molecular formula is C14H20ClNO2. The minimum absolute atomic E-state index is 0.0984. The molecule has 3 nitrogen and oxygen atoms in total. The van der Waals surface area contributed by atoms with Crippen molar-refractivity contribution < 1.29 is 9.53 Å². The van der Waals surface area contributed by atoms with Crippen molar-refractivity contribution in [3.05, 3.63) is 28.8 Å². The molecule has 1 aromatic carbocycles. The lowest BCUT2D eigenvalue weighted by atomic mass is 10.2. The predicted molar refractivity (Wildman–Crippen MR) is 74.2 cm³/mol. The van der Waals surface area contributed by atoms with Gasteiger partial charge in [-0.1, -0.05) is 18.5 Å². The Morgan fingerprint density at radius 1 is 1.44 bits per heavy atom. The summed E-state index contributed by atoms with van der Waals surface area (Å²) in [5, 5.41) is 3.55. The van der Waals surface area contributed by atoms with E-state index in [0.717, 1.165) is 12.0 Å². The Kier molecular flexibility index (Phi) is 5.48. The van der Waals surface area contributed by atoms with Crippen LogP contribution in [0.25, 0.3) is 0 Å². The van der Waals surface area contributed by atoms with Crippen LogP contribution >= 0.6 is 11.6 Å². The Bertz CT molecular complexity index is 420. The summed E-state index contributed by atoms with van der Waals surface area (Å²) in [7, 11) is 0. The number of ether oxygens (including phenoxy) is 1. The largest absolute Gasteiger partial charge is 0.481 e. The van der Waals surface area contributed by atoms with Gasteiger partial charge in [-0.15, -0.1) is 0 Å². The summed E-state index contributed by atoms with van der Waals surface area (Å²) < 4.78 is 5.64. The van der Waals surface area contributed by atoms with Gasteiger partial charge in [0.25, 0.3) is 5.91 Å². The van der Waals surface area contributed by atoms with Crippen molar-refractivity contribution in [1.29, 1.82) is 0 Å². The topological polar surface area (TPSA) is 38.3 Å². The second-order valence-electron chi connectivity index (χ2n) is 4.49. The third-order valence-electron chi connectivity index (χ3n) is 2.81. The van der Waals surface area contributed by atoms with Crippen LogP contribution in [0, 0.1) is 6.92 Å². The van der Waals surface area contributed by atoms with Crippen LogP contribution in [0.3, 0.4) is 0 Å². The SMILES string of the molecule is CC[C@H](C)NC(=O)[C@H](C)Oc1ccc(Cl)cc1C. The number of halogens is 1. The van der Waals surface area contributed by atoms with Crippen molar-refractivity contribution >= 4 is 17.5 Å². The predicted octanol–water partition coefficient (Wildman–Crippen LogP) is 3.33. The lowest BCUT2D eigenvalue weighted by Gasteiger charge is -2.18. The summed E-state index contributed by atoms with van der Waals surface area (Å²) in [5.41, 5.74) is 0.922. The molecule has 100 valence electrons. The monoisotopic (exact) mass is 269 g/mol. The number of carbonyl (C=O) groups excluding carboxylic acids is 1. The average Bonchev–Trinajstić information content (AvgIpc) is 2.32. The molecule has 0 aromatic heterocycles. The van der Waals surface area contributed by atoms with Crippen molar-refractivity contribution in [2.24, 2.45) is 0 Å². The minimum atomic E-state index is -0.515. The van der Waals surface area contributed by atoms with Crippen molar-refractivity contribution in [1.82, 2.24) is 5.32 Å². The quantitative estimate of drug-likeness (QED) is 0.890. The molecule has 0 saturated carbocycles. The van der Waals surface area contributed by atoms with Crippen molar-refractivity contribution in [3.8, 4) is 5.75 Å². The highest BCUT2D eigenvalue weighted by atomic mass is 35.5.